The number of rotatable bonds is 5. The Morgan fingerprint density at radius 3 is 2.71 bits per heavy atom. The van der Waals surface area contributed by atoms with Gasteiger partial charge in [-0.2, -0.15) is 0 Å². The molecular formula is C20H21N5O2S. The Morgan fingerprint density at radius 1 is 1.18 bits per heavy atom. The number of nitrogen functional groups attached to an aromatic ring is 1. The number of nitrogens with zero attached hydrogens (tertiary/aromatic N) is 2. The number of hydrogen-bond donors (Lipinski definition) is 4. The van der Waals surface area contributed by atoms with E-state index < -0.39 is 0 Å². The Labute approximate surface area is 166 Å². The lowest BCUT2D eigenvalue weighted by atomic mass is 10.0. The molecule has 4 rings (SSSR count). The summed E-state index contributed by atoms with van der Waals surface area (Å²) in [7, 11) is 1.80. The van der Waals surface area contributed by atoms with Crippen molar-refractivity contribution < 1.29 is 9.90 Å². The van der Waals surface area contributed by atoms with E-state index in [-0.39, 0.29) is 6.61 Å². The zero-order valence-corrected chi connectivity index (χ0v) is 16.2. The van der Waals surface area contributed by atoms with Gasteiger partial charge in [-0.1, -0.05) is 24.3 Å². The highest BCUT2D eigenvalue weighted by atomic mass is 32.1. The van der Waals surface area contributed by atoms with Crippen LogP contribution in [0.5, 0.6) is 0 Å². The van der Waals surface area contributed by atoms with E-state index in [0.29, 0.717) is 18.8 Å². The van der Waals surface area contributed by atoms with Gasteiger partial charge in [-0.25, -0.2) is 9.97 Å². The van der Waals surface area contributed by atoms with Gasteiger partial charge >= 0.3 is 0 Å². The quantitative estimate of drug-likeness (QED) is 0.387. The zero-order chi connectivity index (χ0) is 19.9. The maximum absolute atomic E-state index is 10.6. The molecule has 0 aliphatic carbocycles. The molecule has 0 fully saturated rings. The van der Waals surface area contributed by atoms with Crippen molar-refractivity contribution in [3.05, 3.63) is 48.8 Å². The number of nitrogens with one attached hydrogen (secondary N) is 2. The number of fused-ring (bicyclic) bond motifs is 3. The van der Waals surface area contributed by atoms with E-state index in [1.54, 1.807) is 18.4 Å². The van der Waals surface area contributed by atoms with Gasteiger partial charge in [0.05, 0.1) is 16.8 Å². The summed E-state index contributed by atoms with van der Waals surface area (Å²) < 4.78 is 2.02. The number of carbonyl (C=O) groups excluding carboxylic acids is 1. The molecule has 28 heavy (non-hydrogen) atoms. The van der Waals surface area contributed by atoms with Crippen molar-refractivity contribution in [1.82, 2.24) is 15.3 Å². The molecule has 0 aliphatic heterocycles. The number of thiophene rings is 1. The van der Waals surface area contributed by atoms with E-state index in [4.69, 9.17) is 10.8 Å². The van der Waals surface area contributed by atoms with E-state index in [2.05, 4.69) is 32.7 Å². The molecule has 0 atom stereocenters. The molecule has 4 aromatic rings. The average molecular weight is 395 g/mol. The monoisotopic (exact) mass is 395 g/mol. The zero-order valence-electron chi connectivity index (χ0n) is 15.3. The van der Waals surface area contributed by atoms with Gasteiger partial charge < -0.3 is 21.5 Å². The third-order valence-corrected chi connectivity index (χ3v) is 5.23. The first-order valence-corrected chi connectivity index (χ1v) is 9.48. The number of hydrogen-bond acceptors (Lipinski definition) is 7. The number of carbonyl (C=O) groups is 1. The van der Waals surface area contributed by atoms with Crippen LogP contribution in [-0.4, -0.2) is 41.7 Å². The molecule has 2 heterocycles. The molecule has 7 nitrogen and oxygen atoms in total. The normalized spacial score (nSPS) is 10.5. The second kappa shape index (κ2) is 9.23. The van der Waals surface area contributed by atoms with E-state index in [1.807, 2.05) is 30.3 Å². The maximum Gasteiger partial charge on any atom is 0.211 e. The third-order valence-electron chi connectivity index (χ3n) is 4.06. The summed E-state index contributed by atoms with van der Waals surface area (Å²) in [5.41, 5.74) is 9.71. The number of benzene rings is 2. The van der Waals surface area contributed by atoms with E-state index >= 15 is 0 Å². The number of aliphatic hydroxyl groups excluding tert-OH is 1. The highest BCUT2D eigenvalue weighted by molar-refractivity contribution is 7.26. The fraction of sp³-hybridized carbons (Fsp3) is 0.150. The van der Waals surface area contributed by atoms with Crippen molar-refractivity contribution in [2.45, 2.75) is 0 Å². The number of aromatic nitrogens is 2. The molecule has 1 amide bonds. The lowest BCUT2D eigenvalue weighted by molar-refractivity contribution is -0.105. The fourth-order valence-electron chi connectivity index (χ4n) is 2.74. The molecule has 0 saturated heterocycles. The van der Waals surface area contributed by atoms with Gasteiger partial charge in [-0.05, 0) is 36.4 Å². The number of likely N-dealkylation sites (N-methyl/N-ethyl adjacent to an activating group) is 1. The maximum atomic E-state index is 10.6. The topological polar surface area (TPSA) is 113 Å². The van der Waals surface area contributed by atoms with Crippen LogP contribution in [0, 0.1) is 0 Å². The van der Waals surface area contributed by atoms with Crippen molar-refractivity contribution in [2.75, 3.05) is 31.2 Å². The van der Waals surface area contributed by atoms with Gasteiger partial charge in [0.2, 0.25) is 6.41 Å². The lowest BCUT2D eigenvalue weighted by Crippen LogP contribution is -2.10. The summed E-state index contributed by atoms with van der Waals surface area (Å²) in [6.07, 6.45) is 2.17. The molecule has 2 aromatic heterocycles. The van der Waals surface area contributed by atoms with Crippen molar-refractivity contribution in [1.29, 1.82) is 0 Å². The van der Waals surface area contributed by atoms with Gasteiger partial charge in [0.1, 0.15) is 12.1 Å². The molecule has 5 N–H and O–H groups in total. The van der Waals surface area contributed by atoms with Crippen LogP contribution in [0.25, 0.3) is 31.4 Å². The summed E-state index contributed by atoms with van der Waals surface area (Å²) in [6.45, 7) is 0.927. The first-order valence-electron chi connectivity index (χ1n) is 8.66. The summed E-state index contributed by atoms with van der Waals surface area (Å²) in [5.74, 6) is 0.509. The number of amides is 1. The van der Waals surface area contributed by atoms with E-state index in [9.17, 15) is 4.79 Å². The minimum Gasteiger partial charge on any atom is -0.395 e. The van der Waals surface area contributed by atoms with Crippen LogP contribution in [0.1, 0.15) is 0 Å². The van der Waals surface area contributed by atoms with Gasteiger partial charge in [0.25, 0.3) is 0 Å². The lowest BCUT2D eigenvalue weighted by Gasteiger charge is -2.05. The second-order valence-corrected chi connectivity index (χ2v) is 6.97. The molecule has 144 valence electrons. The molecule has 0 spiro atoms. The van der Waals surface area contributed by atoms with Crippen LogP contribution in [-0.2, 0) is 4.79 Å². The second-order valence-electron chi connectivity index (χ2n) is 5.92. The highest BCUT2D eigenvalue weighted by Crippen LogP contribution is 2.37. The predicted molar refractivity (Wildman–Crippen MR) is 115 cm³/mol. The standard InChI is InChI=1S/C17H12N4OS.C3H9NO/c18-17-16-15(19-8-20-17)13-5-4-11(7-14(13)23-16)10-2-1-3-12(6-10)21-9-22;1-4-2-3-5/h1-9H,(H,21,22)(H2,18,19,20);4-5H,2-3H2,1H3. The van der Waals surface area contributed by atoms with Crippen LogP contribution >= 0.6 is 11.3 Å². The Hall–Kier alpha value is -3.07. The first kappa shape index (κ1) is 19.7. The van der Waals surface area contributed by atoms with Crippen molar-refractivity contribution in [2.24, 2.45) is 0 Å². The Balaban J connectivity index is 0.000000403. The Morgan fingerprint density at radius 2 is 2.00 bits per heavy atom. The summed E-state index contributed by atoms with van der Waals surface area (Å²) in [4.78, 5) is 19.0. The number of aliphatic hydroxyl groups is 1. The molecule has 0 aliphatic rings. The van der Waals surface area contributed by atoms with Crippen molar-refractivity contribution in [3.8, 4) is 11.1 Å². The average Bonchev–Trinajstić information content (AvgIpc) is 3.09. The molecule has 0 saturated carbocycles. The summed E-state index contributed by atoms with van der Waals surface area (Å²) in [6, 6.07) is 13.9. The molecule has 2 aromatic carbocycles. The smallest absolute Gasteiger partial charge is 0.211 e. The fourth-order valence-corrected chi connectivity index (χ4v) is 3.84. The van der Waals surface area contributed by atoms with Crippen molar-refractivity contribution in [3.63, 3.8) is 0 Å². The molecule has 0 bridgehead atoms. The first-order chi connectivity index (χ1) is 13.7. The molecule has 8 heteroatoms. The van der Waals surface area contributed by atoms with E-state index in [1.165, 1.54) is 6.33 Å². The minimum absolute atomic E-state index is 0.233. The van der Waals surface area contributed by atoms with Gasteiger partial charge in [-0.15, -0.1) is 11.3 Å². The van der Waals surface area contributed by atoms with E-state index in [0.717, 1.165) is 37.1 Å². The molecule has 0 unspecified atom stereocenters. The van der Waals surface area contributed by atoms with Crippen LogP contribution in [0.4, 0.5) is 11.5 Å². The van der Waals surface area contributed by atoms with Crippen LogP contribution in [0.2, 0.25) is 0 Å². The van der Waals surface area contributed by atoms with Gasteiger partial charge in [0, 0.05) is 22.3 Å². The Bertz CT molecular complexity index is 1090. The number of anilines is 2. The molecule has 0 radical (unpaired) electrons. The predicted octanol–water partition coefficient (Wildman–Crippen LogP) is 2.86. The highest BCUT2D eigenvalue weighted by Gasteiger charge is 2.10. The summed E-state index contributed by atoms with van der Waals surface area (Å²) in [5, 5.41) is 14.5. The van der Waals surface area contributed by atoms with Crippen molar-refractivity contribution >= 4 is 49.6 Å². The van der Waals surface area contributed by atoms with Crippen LogP contribution in [0.3, 0.4) is 0 Å². The third kappa shape index (κ3) is 4.25. The van der Waals surface area contributed by atoms with Crippen LogP contribution < -0.4 is 16.4 Å². The van der Waals surface area contributed by atoms with Gasteiger partial charge in [-0.3, -0.25) is 4.79 Å². The number of nitrogens with two attached hydrogens (primary N) is 1. The minimum atomic E-state index is 0.233. The summed E-state index contributed by atoms with van der Waals surface area (Å²) >= 11 is 1.59. The van der Waals surface area contributed by atoms with Gasteiger partial charge in [0.15, 0.2) is 0 Å². The Kier molecular flexibility index (Phi) is 6.49. The SMILES string of the molecule is CNCCO.Nc1ncnc2c1sc1cc(-c3cccc(NC=O)c3)ccc12. The van der Waals surface area contributed by atoms with Crippen LogP contribution in [0.15, 0.2) is 48.8 Å². The largest absolute Gasteiger partial charge is 0.395 e. The molecular weight excluding hydrogens is 374 g/mol.